The number of nitrogens with zero attached hydrogens (tertiary/aromatic N) is 1. The first-order chi connectivity index (χ1) is 11.7. The number of rotatable bonds is 6. The second kappa shape index (κ2) is 8.23. The third-order valence-corrected chi connectivity index (χ3v) is 6.46. The molecule has 2 unspecified atom stereocenters. The third kappa shape index (κ3) is 4.98. The van der Waals surface area contributed by atoms with Crippen LogP contribution in [-0.2, 0) is 14.8 Å². The van der Waals surface area contributed by atoms with Crippen LogP contribution in [0.25, 0.3) is 0 Å². The fourth-order valence-corrected chi connectivity index (χ4v) is 4.58. The lowest BCUT2D eigenvalue weighted by molar-refractivity contribution is -0.126. The van der Waals surface area contributed by atoms with E-state index in [1.807, 2.05) is 0 Å². The zero-order valence-electron chi connectivity index (χ0n) is 14.5. The molecule has 1 aliphatic rings. The van der Waals surface area contributed by atoms with E-state index in [-0.39, 0.29) is 18.2 Å². The Bertz CT molecular complexity index is 725. The summed E-state index contributed by atoms with van der Waals surface area (Å²) in [6.45, 7) is 4.08. The van der Waals surface area contributed by atoms with E-state index < -0.39 is 33.6 Å². The molecule has 0 radical (unpaired) electrons. The number of carbonyl (C=O) groups is 1. The molecule has 0 spiro atoms. The first-order valence-electron chi connectivity index (χ1n) is 8.47. The highest BCUT2D eigenvalue weighted by atomic mass is 32.2. The van der Waals surface area contributed by atoms with Crippen molar-refractivity contribution in [2.75, 3.05) is 18.8 Å². The van der Waals surface area contributed by atoms with Crippen molar-refractivity contribution in [3.8, 4) is 0 Å². The molecule has 2 rings (SSSR count). The molecule has 2 atom stereocenters. The number of benzene rings is 1. The molecule has 5 nitrogen and oxygen atoms in total. The topological polar surface area (TPSA) is 66.5 Å². The van der Waals surface area contributed by atoms with Gasteiger partial charge in [-0.3, -0.25) is 4.79 Å². The van der Waals surface area contributed by atoms with Gasteiger partial charge in [-0.05, 0) is 43.9 Å². The molecule has 1 heterocycles. The molecule has 1 saturated heterocycles. The minimum Gasteiger partial charge on any atom is -0.349 e. The third-order valence-electron chi connectivity index (χ3n) is 4.41. The van der Waals surface area contributed by atoms with E-state index in [9.17, 15) is 22.0 Å². The van der Waals surface area contributed by atoms with Crippen LogP contribution in [0.5, 0.6) is 0 Å². The second-order valence-electron chi connectivity index (χ2n) is 6.42. The van der Waals surface area contributed by atoms with Gasteiger partial charge in [0.05, 0.1) is 17.7 Å². The number of hydrogen-bond acceptors (Lipinski definition) is 3. The number of halogens is 2. The quantitative estimate of drug-likeness (QED) is 0.832. The summed E-state index contributed by atoms with van der Waals surface area (Å²) in [6, 6.07) is 3.00. The summed E-state index contributed by atoms with van der Waals surface area (Å²) >= 11 is 0. The molecule has 8 heteroatoms. The van der Waals surface area contributed by atoms with Crippen LogP contribution >= 0.6 is 0 Å². The maximum absolute atomic E-state index is 13.3. The summed E-state index contributed by atoms with van der Waals surface area (Å²) in [5.74, 6) is -2.53. The minimum absolute atomic E-state index is 0.0760. The molecule has 1 fully saturated rings. The van der Waals surface area contributed by atoms with E-state index in [2.05, 4.69) is 5.32 Å². The lowest BCUT2D eigenvalue weighted by Crippen LogP contribution is -2.46. The summed E-state index contributed by atoms with van der Waals surface area (Å²) in [5, 5.41) is 2.77. The van der Waals surface area contributed by atoms with E-state index in [0.717, 1.165) is 12.1 Å². The molecule has 0 aliphatic carbocycles. The summed E-state index contributed by atoms with van der Waals surface area (Å²) in [5.41, 5.74) is 0.457. The Morgan fingerprint density at radius 3 is 2.72 bits per heavy atom. The van der Waals surface area contributed by atoms with E-state index >= 15 is 0 Å². The van der Waals surface area contributed by atoms with Crippen molar-refractivity contribution in [3.63, 3.8) is 0 Å². The van der Waals surface area contributed by atoms with Gasteiger partial charge in [-0.25, -0.2) is 21.5 Å². The van der Waals surface area contributed by atoms with Crippen molar-refractivity contribution in [2.24, 2.45) is 5.92 Å². The number of piperidine rings is 1. The van der Waals surface area contributed by atoms with Crippen molar-refractivity contribution >= 4 is 15.9 Å². The van der Waals surface area contributed by atoms with Crippen molar-refractivity contribution in [1.82, 2.24) is 9.62 Å². The van der Waals surface area contributed by atoms with Crippen LogP contribution in [0.4, 0.5) is 8.78 Å². The minimum atomic E-state index is -3.33. The van der Waals surface area contributed by atoms with E-state index in [0.29, 0.717) is 31.4 Å². The van der Waals surface area contributed by atoms with Crippen LogP contribution < -0.4 is 5.32 Å². The molecule has 1 N–H and O–H groups in total. The first-order valence-corrected chi connectivity index (χ1v) is 10.1. The number of hydrogen-bond donors (Lipinski definition) is 1. The normalized spacial score (nSPS) is 20.2. The van der Waals surface area contributed by atoms with Crippen LogP contribution in [0.3, 0.4) is 0 Å². The highest BCUT2D eigenvalue weighted by molar-refractivity contribution is 7.89. The molecule has 1 aromatic rings. The monoisotopic (exact) mass is 374 g/mol. The highest BCUT2D eigenvalue weighted by Gasteiger charge is 2.32. The molecule has 1 aliphatic heterocycles. The van der Waals surface area contributed by atoms with E-state index in [4.69, 9.17) is 0 Å². The Morgan fingerprint density at radius 2 is 2.08 bits per heavy atom. The number of nitrogens with one attached hydrogen (secondary N) is 1. The van der Waals surface area contributed by atoms with E-state index in [1.165, 1.54) is 10.4 Å². The van der Waals surface area contributed by atoms with Gasteiger partial charge in [0.15, 0.2) is 11.6 Å². The molecule has 0 saturated carbocycles. The van der Waals surface area contributed by atoms with Crippen LogP contribution in [-0.4, -0.2) is 37.5 Å². The maximum atomic E-state index is 13.3. The fraction of sp³-hybridized carbons (Fsp3) is 0.588. The van der Waals surface area contributed by atoms with Gasteiger partial charge in [0.2, 0.25) is 15.9 Å². The lowest BCUT2D eigenvalue weighted by Gasteiger charge is -2.31. The van der Waals surface area contributed by atoms with Crippen molar-refractivity contribution in [3.05, 3.63) is 35.4 Å². The summed E-state index contributed by atoms with van der Waals surface area (Å²) in [4.78, 5) is 12.5. The van der Waals surface area contributed by atoms with Crippen LogP contribution in [0.1, 0.15) is 44.7 Å². The average molecular weight is 374 g/mol. The Morgan fingerprint density at radius 1 is 1.36 bits per heavy atom. The zero-order chi connectivity index (χ0) is 18.6. The lowest BCUT2D eigenvalue weighted by atomic mass is 9.98. The molecule has 1 aromatic carbocycles. The van der Waals surface area contributed by atoms with Crippen LogP contribution in [0.15, 0.2) is 18.2 Å². The van der Waals surface area contributed by atoms with Crippen LogP contribution in [0, 0.1) is 17.6 Å². The largest absolute Gasteiger partial charge is 0.349 e. The van der Waals surface area contributed by atoms with Gasteiger partial charge >= 0.3 is 0 Å². The van der Waals surface area contributed by atoms with Crippen molar-refractivity contribution < 1.29 is 22.0 Å². The summed E-state index contributed by atoms with van der Waals surface area (Å²) in [6.07, 6.45) is 1.76. The SMILES string of the molecule is CCCS(=O)(=O)N1CCCC(C(=O)NC(C)c2ccc(F)c(F)c2)C1. The zero-order valence-corrected chi connectivity index (χ0v) is 15.3. The molecule has 140 valence electrons. The molecule has 1 amide bonds. The Kier molecular flexibility index (Phi) is 6.51. The number of sulfonamides is 1. The van der Waals surface area contributed by atoms with Gasteiger partial charge in [0.1, 0.15) is 0 Å². The predicted octanol–water partition coefficient (Wildman–Crippen LogP) is 2.59. The number of amides is 1. The van der Waals surface area contributed by atoms with Gasteiger partial charge in [-0.2, -0.15) is 0 Å². The smallest absolute Gasteiger partial charge is 0.224 e. The van der Waals surface area contributed by atoms with Crippen molar-refractivity contribution in [2.45, 2.75) is 39.2 Å². The standard InChI is InChI=1S/C17H24F2N2O3S/c1-3-9-25(23,24)21-8-4-5-14(11-21)17(22)20-12(2)13-6-7-15(18)16(19)10-13/h6-7,10,12,14H,3-5,8-9,11H2,1-2H3,(H,20,22). The van der Waals surface area contributed by atoms with Gasteiger partial charge in [-0.15, -0.1) is 0 Å². The van der Waals surface area contributed by atoms with Gasteiger partial charge in [-0.1, -0.05) is 13.0 Å². The molecule has 0 bridgehead atoms. The highest BCUT2D eigenvalue weighted by Crippen LogP contribution is 2.22. The molecule has 0 aromatic heterocycles. The van der Waals surface area contributed by atoms with Crippen molar-refractivity contribution in [1.29, 1.82) is 0 Å². The molecular weight excluding hydrogens is 350 g/mol. The maximum Gasteiger partial charge on any atom is 0.224 e. The second-order valence-corrected chi connectivity index (χ2v) is 8.51. The first kappa shape index (κ1) is 19.8. The van der Waals surface area contributed by atoms with E-state index in [1.54, 1.807) is 13.8 Å². The Labute approximate surface area is 147 Å². The van der Waals surface area contributed by atoms with Crippen LogP contribution in [0.2, 0.25) is 0 Å². The Hall–Kier alpha value is -1.54. The van der Waals surface area contributed by atoms with Gasteiger partial charge < -0.3 is 5.32 Å². The summed E-state index contributed by atoms with van der Waals surface area (Å²) < 4.78 is 52.1. The summed E-state index contributed by atoms with van der Waals surface area (Å²) in [7, 11) is -3.33. The van der Waals surface area contributed by atoms with Gasteiger partial charge in [0.25, 0.3) is 0 Å². The molecule has 25 heavy (non-hydrogen) atoms. The predicted molar refractivity (Wildman–Crippen MR) is 91.3 cm³/mol. The fourth-order valence-electron chi connectivity index (χ4n) is 2.99. The number of carbonyl (C=O) groups excluding carboxylic acids is 1. The van der Waals surface area contributed by atoms with Gasteiger partial charge in [0, 0.05) is 13.1 Å². The average Bonchev–Trinajstić information content (AvgIpc) is 2.57. The molecular formula is C17H24F2N2O3S. The Balaban J connectivity index is 2.01.